The quantitative estimate of drug-likeness (QED) is 0.734. The zero-order valence-electron chi connectivity index (χ0n) is 8.38. The van der Waals surface area contributed by atoms with E-state index < -0.39 is 0 Å². The number of hydrogen-bond acceptors (Lipinski definition) is 1. The van der Waals surface area contributed by atoms with Crippen LogP contribution in [0.1, 0.15) is 35.6 Å². The molecule has 0 aliphatic heterocycles. The van der Waals surface area contributed by atoms with Crippen LogP contribution in [0.3, 0.4) is 0 Å². The zero-order valence-corrected chi connectivity index (χ0v) is 8.38. The molecule has 0 amide bonds. The summed E-state index contributed by atoms with van der Waals surface area (Å²) in [6.45, 7) is 4.28. The largest absolute Gasteiger partial charge is 0.324 e. The Balaban J connectivity index is 2.28. The van der Waals surface area contributed by atoms with E-state index in [0.29, 0.717) is 0 Å². The summed E-state index contributed by atoms with van der Waals surface area (Å²) >= 11 is 0. The summed E-state index contributed by atoms with van der Waals surface area (Å²) in [5.74, 6) is 0.751. The molecular weight excluding hydrogens is 158 g/mol. The molecule has 1 saturated carbocycles. The van der Waals surface area contributed by atoms with Crippen molar-refractivity contribution in [3.8, 4) is 0 Å². The molecule has 1 aliphatic rings. The molecule has 1 atom stereocenters. The van der Waals surface area contributed by atoms with Crippen LogP contribution in [-0.2, 0) is 0 Å². The van der Waals surface area contributed by atoms with E-state index in [-0.39, 0.29) is 6.04 Å². The summed E-state index contributed by atoms with van der Waals surface area (Å²) in [5.41, 5.74) is 10.2. The van der Waals surface area contributed by atoms with Crippen LogP contribution in [0.25, 0.3) is 0 Å². The van der Waals surface area contributed by atoms with Gasteiger partial charge >= 0.3 is 0 Å². The van der Waals surface area contributed by atoms with E-state index in [4.69, 9.17) is 5.73 Å². The van der Waals surface area contributed by atoms with Gasteiger partial charge in [-0.25, -0.2) is 0 Å². The number of aryl methyl sites for hydroxylation is 2. The maximum absolute atomic E-state index is 6.15. The molecule has 1 aromatic rings. The highest BCUT2D eigenvalue weighted by atomic mass is 14.7. The molecule has 2 rings (SSSR count). The fraction of sp³-hybridized carbons (Fsp3) is 0.500. The summed E-state index contributed by atoms with van der Waals surface area (Å²) in [6.07, 6.45) is 2.63. The van der Waals surface area contributed by atoms with Gasteiger partial charge in [0, 0.05) is 6.04 Å². The van der Waals surface area contributed by atoms with E-state index in [1.54, 1.807) is 0 Å². The van der Waals surface area contributed by atoms with Crippen LogP contribution in [0.4, 0.5) is 0 Å². The van der Waals surface area contributed by atoms with Crippen LogP contribution in [0, 0.1) is 19.8 Å². The van der Waals surface area contributed by atoms with E-state index >= 15 is 0 Å². The lowest BCUT2D eigenvalue weighted by atomic mass is 9.97. The Kier molecular flexibility index (Phi) is 2.12. The minimum atomic E-state index is 0.278. The molecule has 0 bridgehead atoms. The monoisotopic (exact) mass is 175 g/mol. The average molecular weight is 175 g/mol. The maximum atomic E-state index is 6.15. The van der Waals surface area contributed by atoms with Gasteiger partial charge in [0.05, 0.1) is 0 Å². The predicted octanol–water partition coefficient (Wildman–Crippen LogP) is 2.71. The fourth-order valence-electron chi connectivity index (χ4n) is 1.91. The van der Waals surface area contributed by atoms with Crippen LogP contribution >= 0.6 is 0 Å². The van der Waals surface area contributed by atoms with Crippen LogP contribution in [0.5, 0.6) is 0 Å². The van der Waals surface area contributed by atoms with Gasteiger partial charge in [0.1, 0.15) is 0 Å². The van der Waals surface area contributed by atoms with Gasteiger partial charge in [-0.05, 0) is 43.7 Å². The Morgan fingerprint density at radius 2 is 2.00 bits per heavy atom. The van der Waals surface area contributed by atoms with Crippen LogP contribution in [-0.4, -0.2) is 0 Å². The number of benzene rings is 1. The smallest absolute Gasteiger partial charge is 0.0326 e. The highest BCUT2D eigenvalue weighted by molar-refractivity contribution is 5.33. The summed E-state index contributed by atoms with van der Waals surface area (Å²) in [4.78, 5) is 0. The third-order valence-corrected chi connectivity index (χ3v) is 2.91. The Morgan fingerprint density at radius 3 is 2.54 bits per heavy atom. The Bertz CT molecular complexity index is 313. The minimum Gasteiger partial charge on any atom is -0.324 e. The van der Waals surface area contributed by atoms with Gasteiger partial charge in [0.2, 0.25) is 0 Å². The molecular formula is C12H17N. The van der Waals surface area contributed by atoms with Crippen molar-refractivity contribution in [1.29, 1.82) is 0 Å². The standard InChI is InChI=1S/C12H17N/c1-8-3-6-11(9(2)7-8)12(13)10-4-5-10/h3,6-7,10,12H,4-5,13H2,1-2H3. The molecule has 13 heavy (non-hydrogen) atoms. The van der Waals surface area contributed by atoms with Crippen LogP contribution in [0.2, 0.25) is 0 Å². The molecule has 1 aromatic carbocycles. The van der Waals surface area contributed by atoms with Crippen molar-refractivity contribution < 1.29 is 0 Å². The molecule has 0 saturated heterocycles. The van der Waals surface area contributed by atoms with E-state index in [9.17, 15) is 0 Å². The van der Waals surface area contributed by atoms with Gasteiger partial charge in [-0.15, -0.1) is 0 Å². The highest BCUT2D eigenvalue weighted by Gasteiger charge is 2.29. The first-order valence-electron chi connectivity index (χ1n) is 5.01. The molecule has 1 aliphatic carbocycles. The van der Waals surface area contributed by atoms with Crippen molar-refractivity contribution in [3.05, 3.63) is 34.9 Å². The minimum absolute atomic E-state index is 0.278. The number of rotatable bonds is 2. The molecule has 0 aromatic heterocycles. The van der Waals surface area contributed by atoms with E-state index in [1.807, 2.05) is 0 Å². The summed E-state index contributed by atoms with van der Waals surface area (Å²) in [7, 11) is 0. The third-order valence-electron chi connectivity index (χ3n) is 2.91. The molecule has 0 spiro atoms. The van der Waals surface area contributed by atoms with Crippen LogP contribution < -0.4 is 5.73 Å². The van der Waals surface area contributed by atoms with Gasteiger partial charge in [0.15, 0.2) is 0 Å². The summed E-state index contributed by atoms with van der Waals surface area (Å²) < 4.78 is 0. The lowest BCUT2D eigenvalue weighted by Crippen LogP contribution is -2.13. The highest BCUT2D eigenvalue weighted by Crippen LogP contribution is 2.40. The predicted molar refractivity (Wildman–Crippen MR) is 55.6 cm³/mol. The van der Waals surface area contributed by atoms with Crippen molar-refractivity contribution in [2.45, 2.75) is 32.7 Å². The molecule has 2 N–H and O–H groups in total. The Labute approximate surface area is 80.0 Å². The molecule has 1 heteroatoms. The van der Waals surface area contributed by atoms with Crippen molar-refractivity contribution >= 4 is 0 Å². The van der Waals surface area contributed by atoms with Crippen molar-refractivity contribution in [3.63, 3.8) is 0 Å². The fourth-order valence-corrected chi connectivity index (χ4v) is 1.91. The van der Waals surface area contributed by atoms with Gasteiger partial charge in [-0.3, -0.25) is 0 Å². The second-order valence-electron chi connectivity index (χ2n) is 4.22. The molecule has 70 valence electrons. The van der Waals surface area contributed by atoms with Gasteiger partial charge in [-0.1, -0.05) is 23.8 Å². The molecule has 0 radical (unpaired) electrons. The van der Waals surface area contributed by atoms with Crippen molar-refractivity contribution in [2.75, 3.05) is 0 Å². The van der Waals surface area contributed by atoms with Gasteiger partial charge in [0.25, 0.3) is 0 Å². The van der Waals surface area contributed by atoms with Crippen molar-refractivity contribution in [2.24, 2.45) is 11.7 Å². The van der Waals surface area contributed by atoms with Gasteiger partial charge < -0.3 is 5.73 Å². The maximum Gasteiger partial charge on any atom is 0.0326 e. The second-order valence-corrected chi connectivity index (χ2v) is 4.22. The topological polar surface area (TPSA) is 26.0 Å². The molecule has 0 heterocycles. The number of hydrogen-bond donors (Lipinski definition) is 1. The Morgan fingerprint density at radius 1 is 1.31 bits per heavy atom. The summed E-state index contributed by atoms with van der Waals surface area (Å²) in [5, 5.41) is 0. The second kappa shape index (κ2) is 3.15. The van der Waals surface area contributed by atoms with E-state index in [1.165, 1.54) is 29.5 Å². The first kappa shape index (κ1) is 8.76. The molecule has 1 fully saturated rings. The summed E-state index contributed by atoms with van der Waals surface area (Å²) in [6, 6.07) is 6.84. The van der Waals surface area contributed by atoms with Crippen LogP contribution in [0.15, 0.2) is 18.2 Å². The third kappa shape index (κ3) is 1.75. The van der Waals surface area contributed by atoms with E-state index in [0.717, 1.165) is 5.92 Å². The average Bonchev–Trinajstić information content (AvgIpc) is 2.85. The molecule has 1 unspecified atom stereocenters. The first-order chi connectivity index (χ1) is 6.18. The van der Waals surface area contributed by atoms with Gasteiger partial charge in [-0.2, -0.15) is 0 Å². The molecule has 1 nitrogen and oxygen atoms in total. The lowest BCUT2D eigenvalue weighted by molar-refractivity contribution is 0.629. The number of nitrogens with two attached hydrogens (primary N) is 1. The van der Waals surface area contributed by atoms with E-state index in [2.05, 4.69) is 32.0 Å². The first-order valence-corrected chi connectivity index (χ1v) is 5.01. The normalized spacial score (nSPS) is 18.7. The lowest BCUT2D eigenvalue weighted by Gasteiger charge is -2.14. The SMILES string of the molecule is Cc1ccc(C(N)C2CC2)c(C)c1. The zero-order chi connectivity index (χ0) is 9.42. The Hall–Kier alpha value is -0.820. The van der Waals surface area contributed by atoms with Crippen molar-refractivity contribution in [1.82, 2.24) is 0 Å².